The van der Waals surface area contributed by atoms with E-state index in [1.807, 2.05) is 23.9 Å². The van der Waals surface area contributed by atoms with Gasteiger partial charge < -0.3 is 4.98 Å². The van der Waals surface area contributed by atoms with Gasteiger partial charge in [0.2, 0.25) is 0 Å². The van der Waals surface area contributed by atoms with Crippen molar-refractivity contribution in [3.05, 3.63) is 36.8 Å². The van der Waals surface area contributed by atoms with Crippen LogP contribution in [0.15, 0.2) is 46.7 Å². The number of anilines is 1. The molecule has 1 aliphatic carbocycles. The average Bonchev–Trinajstić information content (AvgIpc) is 3.13. The predicted octanol–water partition coefficient (Wildman–Crippen LogP) is 3.25. The lowest BCUT2D eigenvalue weighted by Gasteiger charge is -2.10. The number of rotatable bonds is 5. The number of imidazole rings is 1. The Morgan fingerprint density at radius 2 is 1.90 bits per heavy atom. The van der Waals surface area contributed by atoms with Gasteiger partial charge in [-0.1, -0.05) is 12.8 Å². The fraction of sp³-hybridized carbons (Fsp3) is 0.357. The maximum absolute atomic E-state index is 12.0. The Kier molecular flexibility index (Phi) is 4.21. The molecule has 1 fully saturated rings. The van der Waals surface area contributed by atoms with E-state index in [9.17, 15) is 8.42 Å². The molecule has 7 heteroatoms. The minimum absolute atomic E-state index is 0.0620. The van der Waals surface area contributed by atoms with Crippen LogP contribution in [0.1, 0.15) is 25.7 Å². The van der Waals surface area contributed by atoms with Crippen molar-refractivity contribution in [1.29, 1.82) is 0 Å². The van der Waals surface area contributed by atoms with E-state index in [1.165, 1.54) is 43.1 Å². The van der Waals surface area contributed by atoms with Crippen LogP contribution >= 0.6 is 11.8 Å². The molecule has 1 aromatic heterocycles. The lowest BCUT2D eigenvalue weighted by atomic mass is 10.3. The van der Waals surface area contributed by atoms with E-state index in [0.717, 1.165) is 0 Å². The van der Waals surface area contributed by atoms with E-state index >= 15 is 0 Å². The zero-order chi connectivity index (χ0) is 14.7. The van der Waals surface area contributed by atoms with Gasteiger partial charge in [0.25, 0.3) is 10.0 Å². The molecule has 0 aliphatic heterocycles. The van der Waals surface area contributed by atoms with Crippen molar-refractivity contribution in [2.75, 3.05) is 4.72 Å². The third kappa shape index (κ3) is 3.59. The Morgan fingerprint density at radius 1 is 1.19 bits per heavy atom. The summed E-state index contributed by atoms with van der Waals surface area (Å²) in [7, 11) is -3.58. The number of benzene rings is 1. The third-order valence-corrected chi connectivity index (χ3v) is 6.13. The van der Waals surface area contributed by atoms with E-state index in [4.69, 9.17) is 0 Å². The standard InChI is InChI=1S/C14H17N3O2S2/c18-21(19,14-9-15-10-16-14)17-11-5-7-13(8-6-11)20-12-3-1-2-4-12/h5-10,12,17H,1-4H2,(H,15,16). The molecule has 0 bridgehead atoms. The fourth-order valence-electron chi connectivity index (χ4n) is 2.40. The van der Waals surface area contributed by atoms with E-state index in [1.54, 1.807) is 12.1 Å². The summed E-state index contributed by atoms with van der Waals surface area (Å²) in [6.45, 7) is 0. The lowest BCUT2D eigenvalue weighted by Crippen LogP contribution is -2.13. The first-order chi connectivity index (χ1) is 10.1. The van der Waals surface area contributed by atoms with E-state index in [-0.39, 0.29) is 5.03 Å². The molecule has 0 radical (unpaired) electrons. The molecule has 1 aliphatic rings. The Bertz CT molecular complexity index is 676. The molecule has 112 valence electrons. The second-order valence-electron chi connectivity index (χ2n) is 5.07. The maximum atomic E-state index is 12.0. The number of thioether (sulfide) groups is 1. The quantitative estimate of drug-likeness (QED) is 0.886. The van der Waals surface area contributed by atoms with Gasteiger partial charge in [-0.25, -0.2) is 4.98 Å². The minimum Gasteiger partial charge on any atom is -0.334 e. The normalized spacial score (nSPS) is 16.2. The number of hydrogen-bond acceptors (Lipinski definition) is 4. The zero-order valence-corrected chi connectivity index (χ0v) is 13.1. The molecule has 2 aromatic rings. The average molecular weight is 323 g/mol. The van der Waals surface area contributed by atoms with Crippen molar-refractivity contribution in [2.24, 2.45) is 0 Å². The highest BCUT2D eigenvalue weighted by Gasteiger charge is 2.17. The van der Waals surface area contributed by atoms with Crippen molar-refractivity contribution in [3.63, 3.8) is 0 Å². The molecular weight excluding hydrogens is 306 g/mol. The molecule has 1 aromatic carbocycles. The molecule has 0 amide bonds. The number of sulfonamides is 1. The van der Waals surface area contributed by atoms with Gasteiger partial charge in [-0.05, 0) is 37.1 Å². The molecule has 1 saturated carbocycles. The van der Waals surface area contributed by atoms with Crippen molar-refractivity contribution in [3.8, 4) is 0 Å². The van der Waals surface area contributed by atoms with Crippen LogP contribution in [-0.2, 0) is 10.0 Å². The number of aromatic amines is 1. The number of nitrogens with one attached hydrogen (secondary N) is 2. The van der Waals surface area contributed by atoms with Crippen LogP contribution in [0, 0.1) is 0 Å². The Morgan fingerprint density at radius 3 is 2.52 bits per heavy atom. The maximum Gasteiger partial charge on any atom is 0.278 e. The molecule has 0 atom stereocenters. The molecule has 5 nitrogen and oxygen atoms in total. The smallest absolute Gasteiger partial charge is 0.278 e. The Labute approximate surface area is 128 Å². The van der Waals surface area contributed by atoms with Crippen LogP contribution in [0.4, 0.5) is 5.69 Å². The van der Waals surface area contributed by atoms with Gasteiger partial charge >= 0.3 is 0 Å². The second kappa shape index (κ2) is 6.11. The minimum atomic E-state index is -3.58. The number of aromatic nitrogens is 2. The van der Waals surface area contributed by atoms with Crippen LogP contribution < -0.4 is 4.72 Å². The third-order valence-electron chi connectivity index (χ3n) is 3.47. The van der Waals surface area contributed by atoms with Gasteiger partial charge in [0.15, 0.2) is 5.03 Å². The SMILES string of the molecule is O=S(=O)(Nc1ccc(SC2CCCC2)cc1)c1cnc[nH]1. The van der Waals surface area contributed by atoms with Gasteiger partial charge in [0.05, 0.1) is 12.5 Å². The highest BCUT2D eigenvalue weighted by atomic mass is 32.2. The van der Waals surface area contributed by atoms with Gasteiger partial charge in [-0.2, -0.15) is 8.42 Å². The molecule has 0 unspecified atom stereocenters. The molecule has 1 heterocycles. The lowest BCUT2D eigenvalue weighted by molar-refractivity contribution is 0.598. The first kappa shape index (κ1) is 14.5. The highest BCUT2D eigenvalue weighted by molar-refractivity contribution is 8.00. The predicted molar refractivity (Wildman–Crippen MR) is 84.0 cm³/mol. The fourth-order valence-corrected chi connectivity index (χ4v) is 4.61. The first-order valence-electron chi connectivity index (χ1n) is 6.91. The topological polar surface area (TPSA) is 74.8 Å². The Balaban J connectivity index is 1.67. The second-order valence-corrected chi connectivity index (χ2v) is 8.09. The Hall–Kier alpha value is -1.47. The summed E-state index contributed by atoms with van der Waals surface area (Å²) in [6, 6.07) is 7.53. The van der Waals surface area contributed by atoms with Crippen LogP contribution in [0.2, 0.25) is 0 Å². The van der Waals surface area contributed by atoms with Crippen molar-refractivity contribution >= 4 is 27.5 Å². The number of nitrogens with zero attached hydrogens (tertiary/aromatic N) is 1. The number of H-pyrrole nitrogens is 1. The van der Waals surface area contributed by atoms with Crippen LogP contribution in [0.3, 0.4) is 0 Å². The van der Waals surface area contributed by atoms with Gasteiger partial charge in [-0.15, -0.1) is 11.8 Å². The van der Waals surface area contributed by atoms with Crippen molar-refractivity contribution in [2.45, 2.75) is 40.9 Å². The van der Waals surface area contributed by atoms with E-state index in [0.29, 0.717) is 10.9 Å². The molecular formula is C14H17N3O2S2. The summed E-state index contributed by atoms with van der Waals surface area (Å²) in [5, 5.41) is 0.768. The molecule has 21 heavy (non-hydrogen) atoms. The number of hydrogen-bond donors (Lipinski definition) is 2. The summed E-state index contributed by atoms with van der Waals surface area (Å²) in [5.74, 6) is 0. The van der Waals surface area contributed by atoms with Crippen molar-refractivity contribution < 1.29 is 8.42 Å². The van der Waals surface area contributed by atoms with Gasteiger partial charge in [0.1, 0.15) is 0 Å². The van der Waals surface area contributed by atoms with Crippen LogP contribution in [0.25, 0.3) is 0 Å². The summed E-state index contributed by atoms with van der Waals surface area (Å²) >= 11 is 1.88. The monoisotopic (exact) mass is 323 g/mol. The van der Waals surface area contributed by atoms with E-state index < -0.39 is 10.0 Å². The van der Waals surface area contributed by atoms with Crippen molar-refractivity contribution in [1.82, 2.24) is 9.97 Å². The van der Waals surface area contributed by atoms with E-state index in [2.05, 4.69) is 14.7 Å². The first-order valence-corrected chi connectivity index (χ1v) is 9.28. The summed E-state index contributed by atoms with van der Waals surface area (Å²) < 4.78 is 26.6. The van der Waals surface area contributed by atoms with Crippen LogP contribution in [-0.4, -0.2) is 23.6 Å². The molecule has 0 spiro atoms. The van der Waals surface area contributed by atoms with Crippen LogP contribution in [0.5, 0.6) is 0 Å². The highest BCUT2D eigenvalue weighted by Crippen LogP contribution is 2.35. The largest absolute Gasteiger partial charge is 0.334 e. The summed E-state index contributed by atoms with van der Waals surface area (Å²) in [6.07, 6.45) is 7.82. The summed E-state index contributed by atoms with van der Waals surface area (Å²) in [5.41, 5.74) is 0.556. The molecule has 0 saturated heterocycles. The molecule has 3 rings (SSSR count). The molecule has 2 N–H and O–H groups in total. The van der Waals surface area contributed by atoms with Gasteiger partial charge in [-0.3, -0.25) is 4.72 Å². The van der Waals surface area contributed by atoms with Gasteiger partial charge in [0, 0.05) is 15.8 Å². The zero-order valence-electron chi connectivity index (χ0n) is 11.5. The summed E-state index contributed by atoms with van der Waals surface area (Å²) in [4.78, 5) is 7.50.